The molecule has 0 aromatic heterocycles. The van der Waals surface area contributed by atoms with Gasteiger partial charge in [0.15, 0.2) is 0 Å². The second kappa shape index (κ2) is 5.65. The molecule has 3 nitrogen and oxygen atoms in total. The number of hydrogen-bond acceptors (Lipinski definition) is 3. The van der Waals surface area contributed by atoms with Crippen LogP contribution in [-0.4, -0.2) is 31.1 Å². The van der Waals surface area contributed by atoms with Crippen molar-refractivity contribution in [3.63, 3.8) is 0 Å². The molecule has 0 atom stereocenters. The summed E-state index contributed by atoms with van der Waals surface area (Å²) in [6, 6.07) is 6.43. The third-order valence-electron chi connectivity index (χ3n) is 3.04. The summed E-state index contributed by atoms with van der Waals surface area (Å²) in [6.07, 6.45) is 2.54. The van der Waals surface area contributed by atoms with Crippen LogP contribution in [0.2, 0.25) is 0 Å². The molecular formula is C13H16FN3. The van der Waals surface area contributed by atoms with Crippen LogP contribution in [0.5, 0.6) is 0 Å². The fraction of sp³-hybridized carbons (Fsp3) is 0.462. The first kappa shape index (κ1) is 11.9. The van der Waals surface area contributed by atoms with Gasteiger partial charge < -0.3 is 10.2 Å². The molecule has 17 heavy (non-hydrogen) atoms. The lowest BCUT2D eigenvalue weighted by molar-refractivity contribution is 0.352. The topological polar surface area (TPSA) is 39.1 Å². The van der Waals surface area contributed by atoms with Crippen molar-refractivity contribution in [3.8, 4) is 6.07 Å². The minimum Gasteiger partial charge on any atom is -0.381 e. The molecule has 1 heterocycles. The van der Waals surface area contributed by atoms with E-state index in [9.17, 15) is 4.39 Å². The molecule has 1 fully saturated rings. The van der Waals surface area contributed by atoms with E-state index < -0.39 is 0 Å². The highest BCUT2D eigenvalue weighted by atomic mass is 19.1. The van der Waals surface area contributed by atoms with Gasteiger partial charge in [0.1, 0.15) is 5.82 Å². The van der Waals surface area contributed by atoms with Gasteiger partial charge in [0.25, 0.3) is 0 Å². The minimum absolute atomic E-state index is 0.354. The van der Waals surface area contributed by atoms with Crippen LogP contribution in [0.1, 0.15) is 18.4 Å². The van der Waals surface area contributed by atoms with Gasteiger partial charge in [0, 0.05) is 13.1 Å². The van der Waals surface area contributed by atoms with Crippen molar-refractivity contribution in [1.29, 1.82) is 5.26 Å². The van der Waals surface area contributed by atoms with Crippen molar-refractivity contribution in [2.45, 2.75) is 12.8 Å². The van der Waals surface area contributed by atoms with E-state index in [-0.39, 0.29) is 5.82 Å². The van der Waals surface area contributed by atoms with Crippen molar-refractivity contribution in [3.05, 3.63) is 29.6 Å². The monoisotopic (exact) mass is 233 g/mol. The average Bonchev–Trinajstić information content (AvgIpc) is 2.84. The number of likely N-dealkylation sites (tertiary alicyclic amines) is 1. The predicted molar refractivity (Wildman–Crippen MR) is 65.3 cm³/mol. The SMILES string of the molecule is N#Cc1ccc(NCCN2CCCC2)c(F)c1. The van der Waals surface area contributed by atoms with Gasteiger partial charge in [-0.2, -0.15) is 5.26 Å². The lowest BCUT2D eigenvalue weighted by atomic mass is 10.2. The standard InChI is InChI=1S/C13H16FN3/c14-12-9-11(10-15)3-4-13(12)16-5-8-17-6-1-2-7-17/h3-4,9,16H,1-2,5-8H2. The quantitative estimate of drug-likeness (QED) is 0.866. The summed E-state index contributed by atoms with van der Waals surface area (Å²) in [4.78, 5) is 2.37. The molecule has 0 spiro atoms. The highest BCUT2D eigenvalue weighted by molar-refractivity contribution is 5.48. The highest BCUT2D eigenvalue weighted by Crippen LogP contribution is 2.15. The maximum absolute atomic E-state index is 13.5. The first-order valence-corrected chi connectivity index (χ1v) is 5.95. The molecule has 0 unspecified atom stereocenters. The molecule has 2 rings (SSSR count). The number of rotatable bonds is 4. The van der Waals surface area contributed by atoms with Crippen molar-refractivity contribution in [1.82, 2.24) is 4.90 Å². The summed E-state index contributed by atoms with van der Waals surface area (Å²) in [5.41, 5.74) is 0.829. The molecule has 1 N–H and O–H groups in total. The zero-order valence-corrected chi connectivity index (χ0v) is 9.75. The third-order valence-corrected chi connectivity index (χ3v) is 3.04. The summed E-state index contributed by atoms with van der Waals surface area (Å²) in [5, 5.41) is 11.7. The lowest BCUT2D eigenvalue weighted by Gasteiger charge is -2.15. The molecule has 0 radical (unpaired) electrons. The molecule has 0 saturated carbocycles. The second-order valence-electron chi connectivity index (χ2n) is 4.28. The van der Waals surface area contributed by atoms with Crippen LogP contribution in [0.15, 0.2) is 18.2 Å². The summed E-state index contributed by atoms with van der Waals surface area (Å²) in [6.45, 7) is 3.98. The number of nitrogens with zero attached hydrogens (tertiary/aromatic N) is 2. The van der Waals surface area contributed by atoms with E-state index in [0.717, 1.165) is 26.2 Å². The Bertz CT molecular complexity index is 419. The fourth-order valence-corrected chi connectivity index (χ4v) is 2.08. The van der Waals surface area contributed by atoms with Gasteiger partial charge in [-0.15, -0.1) is 0 Å². The molecule has 1 aliphatic heterocycles. The average molecular weight is 233 g/mol. The molecule has 1 aliphatic rings. The number of anilines is 1. The maximum atomic E-state index is 13.5. The van der Waals surface area contributed by atoms with Crippen LogP contribution in [0.4, 0.5) is 10.1 Å². The van der Waals surface area contributed by atoms with Crippen LogP contribution in [0, 0.1) is 17.1 Å². The van der Waals surface area contributed by atoms with Gasteiger partial charge in [0.05, 0.1) is 17.3 Å². The molecule has 90 valence electrons. The smallest absolute Gasteiger partial charge is 0.147 e. The van der Waals surface area contributed by atoms with E-state index >= 15 is 0 Å². The molecule has 1 aromatic carbocycles. The molecule has 0 bridgehead atoms. The van der Waals surface area contributed by atoms with Crippen LogP contribution in [0.3, 0.4) is 0 Å². The van der Waals surface area contributed by atoms with Crippen molar-refractivity contribution in [2.75, 3.05) is 31.5 Å². The number of hydrogen-bond donors (Lipinski definition) is 1. The van der Waals surface area contributed by atoms with E-state index in [1.54, 1.807) is 12.1 Å². The first-order chi connectivity index (χ1) is 8.29. The predicted octanol–water partition coefficient (Wildman–Crippen LogP) is 2.21. The Morgan fingerprint density at radius 1 is 1.35 bits per heavy atom. The third kappa shape index (κ3) is 3.18. The number of halogens is 1. The molecular weight excluding hydrogens is 217 g/mol. The Morgan fingerprint density at radius 3 is 2.76 bits per heavy atom. The van der Waals surface area contributed by atoms with E-state index in [4.69, 9.17) is 5.26 Å². The normalized spacial score (nSPS) is 15.8. The fourth-order valence-electron chi connectivity index (χ4n) is 2.08. The summed E-state index contributed by atoms with van der Waals surface area (Å²) < 4.78 is 13.5. The van der Waals surface area contributed by atoms with E-state index in [0.29, 0.717) is 11.3 Å². The van der Waals surface area contributed by atoms with Crippen molar-refractivity contribution in [2.24, 2.45) is 0 Å². The highest BCUT2D eigenvalue weighted by Gasteiger charge is 2.10. The Hall–Kier alpha value is -1.60. The number of benzene rings is 1. The van der Waals surface area contributed by atoms with Gasteiger partial charge >= 0.3 is 0 Å². The van der Waals surface area contributed by atoms with Crippen molar-refractivity contribution < 1.29 is 4.39 Å². The molecule has 1 aromatic rings. The largest absolute Gasteiger partial charge is 0.381 e. The molecule has 0 amide bonds. The van der Waals surface area contributed by atoms with Gasteiger partial charge in [0.2, 0.25) is 0 Å². The minimum atomic E-state index is -0.356. The number of nitrogens with one attached hydrogen (secondary N) is 1. The van der Waals surface area contributed by atoms with E-state index in [1.165, 1.54) is 18.9 Å². The van der Waals surface area contributed by atoms with Gasteiger partial charge in [-0.25, -0.2) is 4.39 Å². The second-order valence-corrected chi connectivity index (χ2v) is 4.28. The van der Waals surface area contributed by atoms with Crippen LogP contribution in [0.25, 0.3) is 0 Å². The molecule has 0 aliphatic carbocycles. The zero-order valence-electron chi connectivity index (χ0n) is 9.75. The Kier molecular flexibility index (Phi) is 3.94. The summed E-state index contributed by atoms with van der Waals surface area (Å²) >= 11 is 0. The van der Waals surface area contributed by atoms with E-state index in [2.05, 4.69) is 10.2 Å². The van der Waals surface area contributed by atoms with Crippen LogP contribution in [-0.2, 0) is 0 Å². The van der Waals surface area contributed by atoms with Gasteiger partial charge in [-0.3, -0.25) is 0 Å². The van der Waals surface area contributed by atoms with E-state index in [1.807, 2.05) is 6.07 Å². The van der Waals surface area contributed by atoms with Gasteiger partial charge in [-0.05, 0) is 44.1 Å². The van der Waals surface area contributed by atoms with Gasteiger partial charge in [-0.1, -0.05) is 0 Å². The van der Waals surface area contributed by atoms with Crippen molar-refractivity contribution >= 4 is 5.69 Å². The molecule has 1 saturated heterocycles. The Balaban J connectivity index is 1.84. The lowest BCUT2D eigenvalue weighted by Crippen LogP contribution is -2.26. The first-order valence-electron chi connectivity index (χ1n) is 5.95. The Labute approximate surface area is 101 Å². The Morgan fingerprint density at radius 2 is 2.12 bits per heavy atom. The number of nitriles is 1. The maximum Gasteiger partial charge on any atom is 0.147 e. The van der Waals surface area contributed by atoms with Crippen LogP contribution < -0.4 is 5.32 Å². The zero-order chi connectivity index (χ0) is 12.1. The van der Waals surface area contributed by atoms with Crippen LogP contribution >= 0.6 is 0 Å². The molecule has 4 heteroatoms. The summed E-state index contributed by atoms with van der Waals surface area (Å²) in [5.74, 6) is -0.356. The summed E-state index contributed by atoms with van der Waals surface area (Å²) in [7, 11) is 0.